The first-order chi connectivity index (χ1) is 8.97. The third-order valence-electron chi connectivity index (χ3n) is 2.71. The number of Topliss-reactive ketones (excluding diaryl/α,β-unsaturated/α-hetero) is 1. The highest BCUT2D eigenvalue weighted by Gasteiger charge is 2.39. The molecule has 0 aromatic heterocycles. The second-order valence-electron chi connectivity index (χ2n) is 4.15. The molecule has 98 valence electrons. The maximum Gasteiger partial charge on any atom is 0.454 e. The molecule has 0 unspecified atom stereocenters. The second-order valence-corrected chi connectivity index (χ2v) is 4.15. The van der Waals surface area contributed by atoms with E-state index in [0.717, 1.165) is 11.1 Å². The lowest BCUT2D eigenvalue weighted by atomic mass is 9.98. The molecule has 1 nitrogen and oxygen atoms in total. The van der Waals surface area contributed by atoms with Crippen molar-refractivity contribution in [2.75, 3.05) is 0 Å². The minimum atomic E-state index is -4.81. The van der Waals surface area contributed by atoms with E-state index in [2.05, 4.69) is 0 Å². The van der Waals surface area contributed by atoms with Crippen molar-refractivity contribution in [3.63, 3.8) is 0 Å². The van der Waals surface area contributed by atoms with Gasteiger partial charge in [0.05, 0.1) is 0 Å². The Labute approximate surface area is 108 Å². The SMILES string of the molecule is O=C(C1=CCC(=Cc2ccccc2)C=C1)C(F)(F)F. The Bertz CT molecular complexity index is 563. The summed E-state index contributed by atoms with van der Waals surface area (Å²) in [5.41, 5.74) is 1.55. The monoisotopic (exact) mass is 264 g/mol. The number of ketones is 1. The molecule has 0 fully saturated rings. The van der Waals surface area contributed by atoms with Gasteiger partial charge in [-0.3, -0.25) is 4.79 Å². The maximum atomic E-state index is 12.2. The molecule has 19 heavy (non-hydrogen) atoms. The third-order valence-corrected chi connectivity index (χ3v) is 2.71. The lowest BCUT2D eigenvalue weighted by Crippen LogP contribution is -2.24. The molecule has 0 atom stereocenters. The molecule has 1 aromatic carbocycles. The van der Waals surface area contributed by atoms with Crippen LogP contribution in [0.1, 0.15) is 12.0 Å². The number of benzene rings is 1. The van der Waals surface area contributed by atoms with Gasteiger partial charge in [-0.2, -0.15) is 13.2 Å². The van der Waals surface area contributed by atoms with Crippen molar-refractivity contribution in [1.82, 2.24) is 0 Å². The molecule has 0 spiro atoms. The third kappa shape index (κ3) is 3.44. The van der Waals surface area contributed by atoms with Crippen molar-refractivity contribution < 1.29 is 18.0 Å². The number of hydrogen-bond acceptors (Lipinski definition) is 1. The molecule has 2 rings (SSSR count). The fourth-order valence-electron chi connectivity index (χ4n) is 1.76. The van der Waals surface area contributed by atoms with Crippen LogP contribution < -0.4 is 0 Å². The summed E-state index contributed by atoms with van der Waals surface area (Å²) in [6.45, 7) is 0. The van der Waals surface area contributed by atoms with Crippen molar-refractivity contribution in [3.05, 3.63) is 65.3 Å². The molecule has 0 radical (unpaired) electrons. The Hall–Kier alpha value is -2.10. The van der Waals surface area contributed by atoms with Gasteiger partial charge in [0.1, 0.15) is 0 Å². The van der Waals surface area contributed by atoms with Gasteiger partial charge in [0.25, 0.3) is 5.78 Å². The predicted molar refractivity (Wildman–Crippen MR) is 67.3 cm³/mol. The Balaban J connectivity index is 2.12. The highest BCUT2D eigenvalue weighted by Crippen LogP contribution is 2.25. The molecule has 0 N–H and O–H groups in total. The summed E-state index contributed by atoms with van der Waals surface area (Å²) in [4.78, 5) is 11.0. The molecular weight excluding hydrogens is 253 g/mol. The normalized spacial score (nSPS) is 17.4. The molecule has 0 amide bonds. The highest BCUT2D eigenvalue weighted by molar-refractivity contribution is 6.02. The van der Waals surface area contributed by atoms with Crippen molar-refractivity contribution in [2.45, 2.75) is 12.6 Å². The zero-order valence-corrected chi connectivity index (χ0v) is 9.95. The van der Waals surface area contributed by atoms with Gasteiger partial charge in [-0.05, 0) is 17.6 Å². The fraction of sp³-hybridized carbons (Fsp3) is 0.133. The topological polar surface area (TPSA) is 17.1 Å². The molecule has 0 aliphatic heterocycles. The van der Waals surface area contributed by atoms with E-state index in [4.69, 9.17) is 0 Å². The minimum Gasteiger partial charge on any atom is -0.284 e. The second kappa shape index (κ2) is 5.26. The number of carbonyl (C=O) groups excluding carboxylic acids is 1. The largest absolute Gasteiger partial charge is 0.454 e. The van der Waals surface area contributed by atoms with Crippen LogP contribution in [0.2, 0.25) is 0 Å². The van der Waals surface area contributed by atoms with E-state index in [1.807, 2.05) is 36.4 Å². The van der Waals surface area contributed by atoms with Crippen molar-refractivity contribution >= 4 is 11.9 Å². The van der Waals surface area contributed by atoms with Crippen LogP contribution >= 0.6 is 0 Å². The number of allylic oxidation sites excluding steroid dienone is 5. The average Bonchev–Trinajstić information content (AvgIpc) is 2.39. The van der Waals surface area contributed by atoms with E-state index in [1.165, 1.54) is 12.2 Å². The zero-order valence-electron chi connectivity index (χ0n) is 9.95. The lowest BCUT2D eigenvalue weighted by Gasteiger charge is -2.10. The van der Waals surface area contributed by atoms with Crippen LogP contribution in [0, 0.1) is 0 Å². The summed E-state index contributed by atoms with van der Waals surface area (Å²) in [7, 11) is 0. The highest BCUT2D eigenvalue weighted by atomic mass is 19.4. The van der Waals surface area contributed by atoms with Crippen LogP contribution in [0.4, 0.5) is 13.2 Å². The standard InChI is InChI=1S/C15H11F3O/c16-15(17,18)14(19)13-8-6-12(7-9-13)10-11-4-2-1-3-5-11/h1-6,8-10H,7H2. The van der Waals surface area contributed by atoms with E-state index in [9.17, 15) is 18.0 Å². The van der Waals surface area contributed by atoms with Gasteiger partial charge in [0.2, 0.25) is 0 Å². The van der Waals surface area contributed by atoms with Crippen LogP contribution in [0.15, 0.2) is 59.7 Å². The van der Waals surface area contributed by atoms with Crippen LogP contribution in [-0.4, -0.2) is 12.0 Å². The van der Waals surface area contributed by atoms with Crippen LogP contribution in [0.5, 0.6) is 0 Å². The van der Waals surface area contributed by atoms with Crippen molar-refractivity contribution in [3.8, 4) is 0 Å². The van der Waals surface area contributed by atoms with E-state index in [1.54, 1.807) is 6.08 Å². The Kier molecular flexibility index (Phi) is 3.69. The summed E-state index contributed by atoms with van der Waals surface area (Å²) in [6, 6.07) is 9.46. The fourth-order valence-corrected chi connectivity index (χ4v) is 1.76. The van der Waals surface area contributed by atoms with Crippen molar-refractivity contribution in [1.29, 1.82) is 0 Å². The van der Waals surface area contributed by atoms with Gasteiger partial charge in [-0.15, -0.1) is 0 Å². The summed E-state index contributed by atoms with van der Waals surface area (Å²) < 4.78 is 36.7. The van der Waals surface area contributed by atoms with E-state index >= 15 is 0 Å². The van der Waals surface area contributed by atoms with Crippen molar-refractivity contribution in [2.24, 2.45) is 0 Å². The van der Waals surface area contributed by atoms with Gasteiger partial charge in [-0.25, -0.2) is 0 Å². The van der Waals surface area contributed by atoms with Gasteiger partial charge in [-0.1, -0.05) is 54.6 Å². The summed E-state index contributed by atoms with van der Waals surface area (Å²) in [5, 5.41) is 0. The molecule has 1 aliphatic rings. The first-order valence-electron chi connectivity index (χ1n) is 5.72. The molecular formula is C15H11F3O. The van der Waals surface area contributed by atoms with Gasteiger partial charge in [0, 0.05) is 5.57 Å². The summed E-state index contributed by atoms with van der Waals surface area (Å²) in [5.74, 6) is -1.79. The molecule has 4 heteroatoms. The molecule has 0 saturated heterocycles. The number of carbonyl (C=O) groups is 1. The Morgan fingerprint density at radius 2 is 1.79 bits per heavy atom. The van der Waals surface area contributed by atoms with Crippen LogP contribution in [0.3, 0.4) is 0 Å². The smallest absolute Gasteiger partial charge is 0.284 e. The molecule has 1 aliphatic carbocycles. The zero-order chi connectivity index (χ0) is 13.9. The Morgan fingerprint density at radius 3 is 2.32 bits per heavy atom. The van der Waals surface area contributed by atoms with E-state index in [-0.39, 0.29) is 5.57 Å². The molecule has 1 aromatic rings. The first kappa shape index (κ1) is 13.3. The quantitative estimate of drug-likeness (QED) is 0.786. The number of hydrogen-bond donors (Lipinski definition) is 0. The van der Waals surface area contributed by atoms with E-state index in [0.29, 0.717) is 6.42 Å². The first-order valence-corrected chi connectivity index (χ1v) is 5.72. The molecule has 0 bridgehead atoms. The average molecular weight is 264 g/mol. The molecule has 0 heterocycles. The number of halogens is 3. The predicted octanol–water partition coefficient (Wildman–Crippen LogP) is 4.09. The lowest BCUT2D eigenvalue weighted by molar-refractivity contribution is -0.166. The minimum absolute atomic E-state index is 0.294. The Morgan fingerprint density at radius 1 is 1.11 bits per heavy atom. The summed E-state index contributed by atoms with van der Waals surface area (Å²) >= 11 is 0. The van der Waals surface area contributed by atoms with Crippen LogP contribution in [0.25, 0.3) is 6.08 Å². The number of alkyl halides is 3. The van der Waals surface area contributed by atoms with Gasteiger partial charge < -0.3 is 0 Å². The molecule has 0 saturated carbocycles. The van der Waals surface area contributed by atoms with Gasteiger partial charge >= 0.3 is 6.18 Å². The van der Waals surface area contributed by atoms with Crippen LogP contribution in [-0.2, 0) is 4.79 Å². The van der Waals surface area contributed by atoms with E-state index < -0.39 is 12.0 Å². The number of rotatable bonds is 2. The maximum absolute atomic E-state index is 12.2. The summed E-state index contributed by atoms with van der Waals surface area (Å²) in [6.07, 6.45) is 1.46. The van der Waals surface area contributed by atoms with Gasteiger partial charge in [0.15, 0.2) is 0 Å².